The van der Waals surface area contributed by atoms with Gasteiger partial charge in [0.2, 0.25) is 0 Å². The Morgan fingerprint density at radius 1 is 1.47 bits per heavy atom. The first kappa shape index (κ1) is 11.6. The third kappa shape index (κ3) is 2.61. The zero-order valence-corrected chi connectivity index (χ0v) is 8.89. The number of alkyl halides is 3. The van der Waals surface area contributed by atoms with E-state index in [0.717, 1.165) is 5.38 Å². The predicted molar refractivity (Wildman–Crippen MR) is 53.7 cm³/mol. The second-order valence-corrected chi connectivity index (χ2v) is 3.82. The highest BCUT2D eigenvalue weighted by atomic mass is 32.1. The minimum Gasteiger partial charge on any atom is -0.296 e. The number of nitrogens with zero attached hydrogens (tertiary/aromatic N) is 2. The van der Waals surface area contributed by atoms with Crippen LogP contribution in [0, 0.1) is 0 Å². The van der Waals surface area contributed by atoms with Gasteiger partial charge >= 0.3 is 6.18 Å². The third-order valence-electron chi connectivity index (χ3n) is 1.76. The van der Waals surface area contributed by atoms with E-state index in [1.807, 2.05) is 0 Å². The van der Waals surface area contributed by atoms with Crippen LogP contribution in [0.1, 0.15) is 16.2 Å². The summed E-state index contributed by atoms with van der Waals surface area (Å²) in [5.41, 5.74) is -0.879. The summed E-state index contributed by atoms with van der Waals surface area (Å²) in [5.74, 6) is -0.592. The molecule has 0 aliphatic carbocycles. The number of halogens is 3. The lowest BCUT2D eigenvalue weighted by Gasteiger charge is -2.00. The standard InChI is InChI=1S/C8H5F3N4OS/c9-8(10,11)5-3-17-7(13-5)14-6(16)4-1-2-12-15-4/h1-3H,(H,12,15)(H,13,14,16). The smallest absolute Gasteiger partial charge is 0.296 e. The number of nitrogens with one attached hydrogen (secondary N) is 2. The number of carbonyl (C=O) groups is 1. The van der Waals surface area contributed by atoms with Gasteiger partial charge in [-0.05, 0) is 6.07 Å². The van der Waals surface area contributed by atoms with Gasteiger partial charge in [-0.15, -0.1) is 11.3 Å². The number of thiazole rings is 1. The summed E-state index contributed by atoms with van der Waals surface area (Å²) in [7, 11) is 0. The topological polar surface area (TPSA) is 70.7 Å². The SMILES string of the molecule is O=C(Nc1nc(C(F)(F)F)cs1)c1ccn[nH]1. The minimum atomic E-state index is -4.51. The number of H-pyrrole nitrogens is 1. The van der Waals surface area contributed by atoms with E-state index in [4.69, 9.17) is 0 Å². The summed E-state index contributed by atoms with van der Waals surface area (Å²) in [6, 6.07) is 1.40. The maximum atomic E-state index is 12.2. The monoisotopic (exact) mass is 262 g/mol. The van der Waals surface area contributed by atoms with Crippen molar-refractivity contribution in [1.82, 2.24) is 15.2 Å². The average Bonchev–Trinajstić information content (AvgIpc) is 2.85. The van der Waals surface area contributed by atoms with Gasteiger partial charge in [-0.3, -0.25) is 15.2 Å². The van der Waals surface area contributed by atoms with Gasteiger partial charge in [0.25, 0.3) is 5.91 Å². The van der Waals surface area contributed by atoms with E-state index < -0.39 is 17.8 Å². The van der Waals surface area contributed by atoms with Gasteiger partial charge in [-0.25, -0.2) is 4.98 Å². The van der Waals surface area contributed by atoms with Crippen LogP contribution >= 0.6 is 11.3 Å². The lowest BCUT2D eigenvalue weighted by atomic mass is 10.4. The first-order chi connectivity index (χ1) is 7.97. The third-order valence-corrected chi connectivity index (χ3v) is 2.52. The summed E-state index contributed by atoms with van der Waals surface area (Å²) < 4.78 is 36.7. The van der Waals surface area contributed by atoms with Gasteiger partial charge in [-0.2, -0.15) is 18.3 Å². The summed E-state index contributed by atoms with van der Waals surface area (Å²) in [5, 5.41) is 8.89. The van der Waals surface area contributed by atoms with Gasteiger partial charge in [-0.1, -0.05) is 0 Å². The molecule has 0 aliphatic rings. The van der Waals surface area contributed by atoms with Crippen LogP contribution in [0.5, 0.6) is 0 Å². The highest BCUT2D eigenvalue weighted by Crippen LogP contribution is 2.31. The molecule has 90 valence electrons. The molecule has 9 heteroatoms. The Labute approximate surface area is 96.7 Å². The number of aromatic amines is 1. The summed E-state index contributed by atoms with van der Waals surface area (Å²) in [6.07, 6.45) is -3.15. The van der Waals surface area contributed by atoms with Crippen molar-refractivity contribution < 1.29 is 18.0 Å². The molecule has 2 aromatic rings. The highest BCUT2D eigenvalue weighted by molar-refractivity contribution is 7.14. The van der Waals surface area contributed by atoms with Crippen LogP contribution in [0.2, 0.25) is 0 Å². The van der Waals surface area contributed by atoms with E-state index >= 15 is 0 Å². The zero-order valence-electron chi connectivity index (χ0n) is 8.08. The van der Waals surface area contributed by atoms with Crippen LogP contribution in [-0.2, 0) is 6.18 Å². The van der Waals surface area contributed by atoms with Crippen molar-refractivity contribution in [2.45, 2.75) is 6.18 Å². The Hall–Kier alpha value is -1.90. The molecule has 0 bridgehead atoms. The Bertz CT molecular complexity index is 519. The summed E-state index contributed by atoms with van der Waals surface area (Å²) >= 11 is 0.705. The number of rotatable bonds is 2. The lowest BCUT2D eigenvalue weighted by Crippen LogP contribution is -2.13. The van der Waals surface area contributed by atoms with E-state index in [9.17, 15) is 18.0 Å². The summed E-state index contributed by atoms with van der Waals surface area (Å²) in [6.45, 7) is 0. The first-order valence-corrected chi connectivity index (χ1v) is 5.18. The maximum Gasteiger partial charge on any atom is 0.434 e. The second-order valence-electron chi connectivity index (χ2n) is 2.96. The molecule has 2 rings (SSSR count). The van der Waals surface area contributed by atoms with Gasteiger partial charge in [0, 0.05) is 11.6 Å². The number of anilines is 1. The quantitative estimate of drug-likeness (QED) is 0.871. The van der Waals surface area contributed by atoms with Crippen LogP contribution in [0.3, 0.4) is 0 Å². The van der Waals surface area contributed by atoms with Crippen LogP contribution in [0.4, 0.5) is 18.3 Å². The Morgan fingerprint density at radius 2 is 2.24 bits per heavy atom. The molecule has 0 fully saturated rings. The molecule has 2 N–H and O–H groups in total. The molecule has 0 saturated carbocycles. The van der Waals surface area contributed by atoms with Crippen LogP contribution < -0.4 is 5.32 Å². The van der Waals surface area contributed by atoms with Crippen LogP contribution in [0.25, 0.3) is 0 Å². The van der Waals surface area contributed by atoms with Crippen molar-refractivity contribution in [3.05, 3.63) is 29.0 Å². The van der Waals surface area contributed by atoms with E-state index in [-0.39, 0.29) is 10.8 Å². The molecule has 2 heterocycles. The normalized spacial score (nSPS) is 11.5. The van der Waals surface area contributed by atoms with Crippen molar-refractivity contribution in [3.63, 3.8) is 0 Å². The molecular formula is C8H5F3N4OS. The Balaban J connectivity index is 2.10. The molecule has 0 saturated heterocycles. The first-order valence-electron chi connectivity index (χ1n) is 4.30. The Morgan fingerprint density at radius 3 is 2.76 bits per heavy atom. The fourth-order valence-corrected chi connectivity index (χ4v) is 1.72. The van der Waals surface area contributed by atoms with Crippen LogP contribution in [-0.4, -0.2) is 21.1 Å². The van der Waals surface area contributed by atoms with Crippen molar-refractivity contribution in [3.8, 4) is 0 Å². The molecule has 1 amide bonds. The molecule has 0 unspecified atom stereocenters. The van der Waals surface area contributed by atoms with E-state index in [2.05, 4.69) is 20.5 Å². The molecule has 0 aromatic carbocycles. The molecule has 2 aromatic heterocycles. The van der Waals surface area contributed by atoms with Gasteiger partial charge in [0.15, 0.2) is 10.8 Å². The summed E-state index contributed by atoms with van der Waals surface area (Å²) in [4.78, 5) is 14.7. The molecule has 5 nitrogen and oxygen atoms in total. The Kier molecular flexibility index (Phi) is 2.84. The molecule has 0 radical (unpaired) electrons. The fraction of sp³-hybridized carbons (Fsp3) is 0.125. The van der Waals surface area contributed by atoms with E-state index in [1.165, 1.54) is 12.3 Å². The highest BCUT2D eigenvalue weighted by Gasteiger charge is 2.33. The van der Waals surface area contributed by atoms with Crippen molar-refractivity contribution in [2.24, 2.45) is 0 Å². The zero-order chi connectivity index (χ0) is 12.5. The van der Waals surface area contributed by atoms with Crippen molar-refractivity contribution in [1.29, 1.82) is 0 Å². The average molecular weight is 262 g/mol. The van der Waals surface area contributed by atoms with E-state index in [1.54, 1.807) is 0 Å². The van der Waals surface area contributed by atoms with Crippen molar-refractivity contribution >= 4 is 22.4 Å². The molecule has 0 aliphatic heterocycles. The van der Waals surface area contributed by atoms with Gasteiger partial charge < -0.3 is 0 Å². The number of aromatic nitrogens is 3. The molecule has 17 heavy (non-hydrogen) atoms. The van der Waals surface area contributed by atoms with Crippen LogP contribution in [0.15, 0.2) is 17.6 Å². The van der Waals surface area contributed by atoms with Gasteiger partial charge in [0.1, 0.15) is 5.69 Å². The number of hydrogen-bond donors (Lipinski definition) is 2. The maximum absolute atomic E-state index is 12.2. The second kappa shape index (κ2) is 4.17. The lowest BCUT2D eigenvalue weighted by molar-refractivity contribution is -0.140. The fourth-order valence-electron chi connectivity index (χ4n) is 1.01. The van der Waals surface area contributed by atoms with E-state index in [0.29, 0.717) is 11.3 Å². The number of carbonyl (C=O) groups excluding carboxylic acids is 1. The van der Waals surface area contributed by atoms with Crippen molar-refractivity contribution in [2.75, 3.05) is 5.32 Å². The largest absolute Gasteiger partial charge is 0.434 e. The number of hydrogen-bond acceptors (Lipinski definition) is 4. The van der Waals surface area contributed by atoms with Gasteiger partial charge in [0.05, 0.1) is 0 Å². The molecule has 0 atom stereocenters. The number of amides is 1. The minimum absolute atomic E-state index is 0.114. The molecular weight excluding hydrogens is 257 g/mol. The predicted octanol–water partition coefficient (Wildman–Crippen LogP) is 2.14. The molecule has 0 spiro atoms.